The van der Waals surface area contributed by atoms with Crippen LogP contribution in [0.5, 0.6) is 0 Å². The number of benzene rings is 2. The molecule has 0 aliphatic carbocycles. The van der Waals surface area contributed by atoms with Crippen molar-refractivity contribution in [1.29, 1.82) is 5.41 Å². The molecule has 3 heteroatoms. The van der Waals surface area contributed by atoms with Crippen LogP contribution in [0, 0.1) is 5.41 Å². The van der Waals surface area contributed by atoms with Gasteiger partial charge in [-0.2, -0.15) is 0 Å². The van der Waals surface area contributed by atoms with E-state index in [0.29, 0.717) is 5.84 Å². The molecule has 0 radical (unpaired) electrons. The average molecular weight is 258 g/mol. The van der Waals surface area contributed by atoms with E-state index >= 15 is 0 Å². The van der Waals surface area contributed by atoms with Crippen LogP contribution in [0.1, 0.15) is 19.3 Å². The molecular formula is C15H18N2S. The monoisotopic (exact) mass is 258 g/mol. The maximum absolute atomic E-state index is 7.16. The zero-order valence-corrected chi connectivity index (χ0v) is 11.2. The molecule has 94 valence electrons. The minimum absolute atomic E-state index is 0.297. The van der Waals surface area contributed by atoms with Crippen molar-refractivity contribution in [2.24, 2.45) is 5.73 Å². The molecule has 0 aromatic heterocycles. The van der Waals surface area contributed by atoms with Gasteiger partial charge < -0.3 is 5.73 Å². The highest BCUT2D eigenvalue weighted by atomic mass is 32.2. The summed E-state index contributed by atoms with van der Waals surface area (Å²) in [5.41, 5.74) is 5.32. The molecule has 0 fully saturated rings. The number of hydrogen-bond acceptors (Lipinski definition) is 2. The molecule has 0 heterocycles. The molecule has 0 unspecified atom stereocenters. The average Bonchev–Trinajstić information content (AvgIpc) is 2.38. The third kappa shape index (κ3) is 3.77. The van der Waals surface area contributed by atoms with Gasteiger partial charge in [0.1, 0.15) is 0 Å². The van der Waals surface area contributed by atoms with Gasteiger partial charge in [0, 0.05) is 11.3 Å². The van der Waals surface area contributed by atoms with Gasteiger partial charge in [-0.1, -0.05) is 30.3 Å². The second kappa shape index (κ2) is 6.45. The lowest BCUT2D eigenvalue weighted by Crippen LogP contribution is -2.08. The number of fused-ring (bicyclic) bond motifs is 1. The standard InChI is InChI=1S/C15H18N2S/c16-15(17)7-3-4-10-18-14-9-8-12-5-1-2-6-13(12)11-14/h1-2,5-6,8-9,11H,3-4,7,10H2,(H3,16,17). The van der Waals surface area contributed by atoms with Crippen molar-refractivity contribution < 1.29 is 0 Å². The largest absolute Gasteiger partial charge is 0.388 e. The van der Waals surface area contributed by atoms with Crippen LogP contribution in [0.15, 0.2) is 47.4 Å². The van der Waals surface area contributed by atoms with Gasteiger partial charge in [0.05, 0.1) is 5.84 Å². The topological polar surface area (TPSA) is 49.9 Å². The third-order valence-corrected chi connectivity index (χ3v) is 3.91. The second-order valence-electron chi connectivity index (χ2n) is 4.34. The third-order valence-electron chi connectivity index (χ3n) is 2.83. The number of thioether (sulfide) groups is 1. The Morgan fingerprint density at radius 1 is 1.06 bits per heavy atom. The quantitative estimate of drug-likeness (QED) is 0.355. The SMILES string of the molecule is N=C(N)CCCCSc1ccc2ccccc2c1. The van der Waals surface area contributed by atoms with E-state index in [9.17, 15) is 0 Å². The van der Waals surface area contributed by atoms with E-state index in [4.69, 9.17) is 11.1 Å². The van der Waals surface area contributed by atoms with Crippen LogP contribution >= 0.6 is 11.8 Å². The Balaban J connectivity index is 1.86. The number of nitrogens with one attached hydrogen (secondary N) is 1. The minimum Gasteiger partial charge on any atom is -0.388 e. The van der Waals surface area contributed by atoms with Crippen LogP contribution in [0.25, 0.3) is 10.8 Å². The van der Waals surface area contributed by atoms with E-state index in [2.05, 4.69) is 42.5 Å². The van der Waals surface area contributed by atoms with Crippen molar-refractivity contribution in [2.45, 2.75) is 24.2 Å². The predicted molar refractivity (Wildman–Crippen MR) is 80.4 cm³/mol. The van der Waals surface area contributed by atoms with Crippen LogP contribution in [-0.2, 0) is 0 Å². The zero-order chi connectivity index (χ0) is 12.8. The first kappa shape index (κ1) is 13.0. The first-order valence-corrected chi connectivity index (χ1v) is 7.19. The van der Waals surface area contributed by atoms with E-state index in [-0.39, 0.29) is 0 Å². The highest BCUT2D eigenvalue weighted by Gasteiger charge is 1.97. The molecule has 0 atom stereocenters. The van der Waals surface area contributed by atoms with Gasteiger partial charge in [-0.25, -0.2) is 0 Å². The van der Waals surface area contributed by atoms with Crippen LogP contribution in [0.2, 0.25) is 0 Å². The number of amidine groups is 1. The molecule has 0 amide bonds. The Bertz CT molecular complexity index is 537. The van der Waals surface area contributed by atoms with Crippen molar-refractivity contribution in [3.63, 3.8) is 0 Å². The van der Waals surface area contributed by atoms with Gasteiger partial charge in [0.15, 0.2) is 0 Å². The number of nitrogens with two attached hydrogens (primary N) is 1. The molecule has 0 aliphatic rings. The second-order valence-corrected chi connectivity index (χ2v) is 5.51. The summed E-state index contributed by atoms with van der Waals surface area (Å²) in [6, 6.07) is 15.0. The van der Waals surface area contributed by atoms with Crippen LogP contribution in [0.3, 0.4) is 0 Å². The summed E-state index contributed by atoms with van der Waals surface area (Å²) in [4.78, 5) is 1.32. The smallest absolute Gasteiger partial charge is 0.0905 e. The molecule has 3 N–H and O–H groups in total. The Morgan fingerprint density at radius 3 is 2.61 bits per heavy atom. The summed E-state index contributed by atoms with van der Waals surface area (Å²) in [5, 5.41) is 9.74. The molecule has 18 heavy (non-hydrogen) atoms. The fourth-order valence-corrected chi connectivity index (χ4v) is 2.82. The summed E-state index contributed by atoms with van der Waals surface area (Å²) < 4.78 is 0. The Hall–Kier alpha value is -1.48. The molecule has 2 rings (SSSR count). The summed E-state index contributed by atoms with van der Waals surface area (Å²) in [6.45, 7) is 0. The Morgan fingerprint density at radius 2 is 1.83 bits per heavy atom. The van der Waals surface area contributed by atoms with E-state index in [1.54, 1.807) is 0 Å². The zero-order valence-electron chi connectivity index (χ0n) is 10.4. The fourth-order valence-electron chi connectivity index (χ4n) is 1.86. The summed E-state index contributed by atoms with van der Waals surface area (Å²) in [5.74, 6) is 1.39. The lowest BCUT2D eigenvalue weighted by molar-refractivity contribution is 0.837. The van der Waals surface area contributed by atoms with Crippen LogP contribution in [-0.4, -0.2) is 11.6 Å². The fraction of sp³-hybridized carbons (Fsp3) is 0.267. The Kier molecular flexibility index (Phi) is 4.65. The maximum Gasteiger partial charge on any atom is 0.0905 e. The van der Waals surface area contributed by atoms with Crippen molar-refractivity contribution in [1.82, 2.24) is 0 Å². The first-order chi connectivity index (χ1) is 8.75. The van der Waals surface area contributed by atoms with Crippen LogP contribution in [0.4, 0.5) is 0 Å². The summed E-state index contributed by atoms with van der Waals surface area (Å²) in [6.07, 6.45) is 2.84. The van der Waals surface area contributed by atoms with Gasteiger partial charge in [0.25, 0.3) is 0 Å². The highest BCUT2D eigenvalue weighted by Crippen LogP contribution is 2.24. The van der Waals surface area contributed by atoms with Gasteiger partial charge in [-0.15, -0.1) is 11.8 Å². The molecule has 2 aromatic carbocycles. The minimum atomic E-state index is 0.297. The summed E-state index contributed by atoms with van der Waals surface area (Å²) in [7, 11) is 0. The normalized spacial score (nSPS) is 10.7. The molecule has 0 aliphatic heterocycles. The van der Waals surface area contributed by atoms with E-state index in [0.717, 1.165) is 25.0 Å². The lowest BCUT2D eigenvalue weighted by atomic mass is 10.1. The maximum atomic E-state index is 7.16. The van der Waals surface area contributed by atoms with Crippen LogP contribution < -0.4 is 5.73 Å². The summed E-state index contributed by atoms with van der Waals surface area (Å²) >= 11 is 1.88. The first-order valence-electron chi connectivity index (χ1n) is 6.20. The van der Waals surface area contributed by atoms with E-state index in [1.807, 2.05) is 11.8 Å². The van der Waals surface area contributed by atoms with Crippen molar-refractivity contribution in [3.8, 4) is 0 Å². The predicted octanol–water partition coefficient (Wildman–Crippen LogP) is 4.04. The lowest BCUT2D eigenvalue weighted by Gasteiger charge is -2.03. The van der Waals surface area contributed by atoms with Gasteiger partial charge in [-0.3, -0.25) is 5.41 Å². The van der Waals surface area contributed by atoms with Crippen molar-refractivity contribution >= 4 is 28.4 Å². The molecule has 0 saturated carbocycles. The van der Waals surface area contributed by atoms with E-state index < -0.39 is 0 Å². The molecular weight excluding hydrogens is 240 g/mol. The number of rotatable bonds is 6. The molecule has 2 aromatic rings. The van der Waals surface area contributed by atoms with Crippen molar-refractivity contribution in [2.75, 3.05) is 5.75 Å². The highest BCUT2D eigenvalue weighted by molar-refractivity contribution is 7.99. The van der Waals surface area contributed by atoms with Gasteiger partial charge in [-0.05, 0) is 41.5 Å². The molecule has 0 spiro atoms. The molecule has 0 saturated heterocycles. The molecule has 2 nitrogen and oxygen atoms in total. The van der Waals surface area contributed by atoms with Gasteiger partial charge >= 0.3 is 0 Å². The van der Waals surface area contributed by atoms with Crippen molar-refractivity contribution in [3.05, 3.63) is 42.5 Å². The van der Waals surface area contributed by atoms with E-state index in [1.165, 1.54) is 15.7 Å². The number of hydrogen-bond donors (Lipinski definition) is 2. The molecule has 0 bridgehead atoms. The Labute approximate surface area is 112 Å². The number of unbranched alkanes of at least 4 members (excludes halogenated alkanes) is 1. The van der Waals surface area contributed by atoms with Gasteiger partial charge in [0.2, 0.25) is 0 Å².